The lowest BCUT2D eigenvalue weighted by molar-refractivity contribution is -0.132. The van der Waals surface area contributed by atoms with Crippen molar-refractivity contribution in [3.05, 3.63) is 53.6 Å². The van der Waals surface area contributed by atoms with Crippen LogP contribution >= 0.6 is 0 Å². The quantitative estimate of drug-likeness (QED) is 0.224. The lowest BCUT2D eigenvalue weighted by atomic mass is 9.95. The second kappa shape index (κ2) is 13.9. The standard InChI is InChI=1S/C27H39N7O4/c28-10-2-5-22-26(37)34-23(27(38)32-20(14-29)15-30)12-16-3-1-4-17(11-16)18-7-9-24(35)19(13-18)6-8-21(31)25(36)33-22/h1,3-4,7,9,11,13,20-23,35H,2,5-6,8,10,12,14-15,28-31H2,(H,32,38)(H,33,36)(H,34,37)/t21-,22-,23?/m0/s1. The number of hydrogen-bond acceptors (Lipinski definition) is 8. The van der Waals surface area contributed by atoms with Crippen molar-refractivity contribution in [3.63, 3.8) is 0 Å². The van der Waals surface area contributed by atoms with Crippen molar-refractivity contribution in [1.29, 1.82) is 0 Å². The normalized spacial score (nSPS) is 20.5. The van der Waals surface area contributed by atoms with Gasteiger partial charge in [0.25, 0.3) is 0 Å². The number of amides is 3. The fourth-order valence-corrected chi connectivity index (χ4v) is 4.39. The number of carbonyl (C=O) groups is 3. The molecule has 3 atom stereocenters. The maximum absolute atomic E-state index is 13.3. The number of nitrogens with one attached hydrogen (secondary N) is 3. The molecular formula is C27H39N7O4. The van der Waals surface area contributed by atoms with Crippen LogP contribution in [-0.4, -0.2) is 66.6 Å². The van der Waals surface area contributed by atoms with Crippen molar-refractivity contribution in [1.82, 2.24) is 16.0 Å². The van der Waals surface area contributed by atoms with E-state index in [1.54, 1.807) is 12.1 Å². The Hall–Kier alpha value is -3.51. The minimum absolute atomic E-state index is 0.116. The van der Waals surface area contributed by atoms with Crippen LogP contribution in [0.3, 0.4) is 0 Å². The van der Waals surface area contributed by atoms with Crippen LogP contribution < -0.4 is 38.9 Å². The molecule has 0 aromatic heterocycles. The van der Waals surface area contributed by atoms with Crippen molar-refractivity contribution < 1.29 is 19.5 Å². The maximum atomic E-state index is 13.3. The van der Waals surface area contributed by atoms with E-state index in [4.69, 9.17) is 22.9 Å². The zero-order chi connectivity index (χ0) is 27.7. The van der Waals surface area contributed by atoms with E-state index in [0.717, 1.165) is 16.7 Å². The average molecular weight is 526 g/mol. The number of phenolic OH excluding ortho intramolecular Hbond substituents is 1. The first-order valence-corrected chi connectivity index (χ1v) is 12.9. The summed E-state index contributed by atoms with van der Waals surface area (Å²) in [6, 6.07) is 9.67. The van der Waals surface area contributed by atoms with E-state index >= 15 is 0 Å². The third-order valence-electron chi connectivity index (χ3n) is 6.72. The van der Waals surface area contributed by atoms with E-state index in [1.165, 1.54) is 0 Å². The minimum atomic E-state index is -0.951. The van der Waals surface area contributed by atoms with Crippen LogP contribution in [0, 0.1) is 0 Å². The maximum Gasteiger partial charge on any atom is 0.243 e. The number of carbonyl (C=O) groups excluding carboxylic acids is 3. The molecule has 1 unspecified atom stereocenters. The average Bonchev–Trinajstić information content (AvgIpc) is 2.92. The highest BCUT2D eigenvalue weighted by atomic mass is 16.3. The molecule has 206 valence electrons. The van der Waals surface area contributed by atoms with Crippen molar-refractivity contribution in [3.8, 4) is 16.9 Å². The predicted octanol–water partition coefficient (Wildman–Crippen LogP) is -1.01. The summed E-state index contributed by atoms with van der Waals surface area (Å²) in [4.78, 5) is 39.5. The number of phenols is 1. The smallest absolute Gasteiger partial charge is 0.243 e. The van der Waals surface area contributed by atoms with Crippen LogP contribution in [0.5, 0.6) is 5.75 Å². The largest absolute Gasteiger partial charge is 0.508 e. The lowest BCUT2D eigenvalue weighted by Crippen LogP contribution is -2.58. The van der Waals surface area contributed by atoms with Crippen LogP contribution in [-0.2, 0) is 27.2 Å². The summed E-state index contributed by atoms with van der Waals surface area (Å²) >= 11 is 0. The molecule has 0 aliphatic carbocycles. The highest BCUT2D eigenvalue weighted by Crippen LogP contribution is 2.28. The Morgan fingerprint density at radius 2 is 1.76 bits per heavy atom. The van der Waals surface area contributed by atoms with Gasteiger partial charge in [0.05, 0.1) is 12.1 Å². The summed E-state index contributed by atoms with van der Waals surface area (Å²) < 4.78 is 0. The van der Waals surface area contributed by atoms with Gasteiger partial charge in [0.2, 0.25) is 17.7 Å². The summed E-state index contributed by atoms with van der Waals surface area (Å²) in [5.74, 6) is -1.33. The fourth-order valence-electron chi connectivity index (χ4n) is 4.39. The number of rotatable bonds is 7. The van der Waals surface area contributed by atoms with E-state index in [1.807, 2.05) is 30.3 Å². The Labute approximate surface area is 222 Å². The number of fused-ring (bicyclic) bond motifs is 5. The van der Waals surface area contributed by atoms with Gasteiger partial charge in [0, 0.05) is 19.5 Å². The number of aryl methyl sites for hydroxylation is 1. The predicted molar refractivity (Wildman–Crippen MR) is 146 cm³/mol. The molecule has 4 bridgehead atoms. The van der Waals surface area contributed by atoms with Gasteiger partial charge >= 0.3 is 0 Å². The molecule has 1 aliphatic heterocycles. The second-order valence-electron chi connectivity index (χ2n) is 9.62. The van der Waals surface area contributed by atoms with Gasteiger partial charge in [-0.05, 0) is 66.6 Å². The zero-order valence-electron chi connectivity index (χ0n) is 21.5. The van der Waals surface area contributed by atoms with Gasteiger partial charge in [-0.15, -0.1) is 0 Å². The highest BCUT2D eigenvalue weighted by molar-refractivity contribution is 5.93. The SMILES string of the molecule is NCCC[C@@H]1NC(=O)[C@@H](N)CCc2cc(ccc2O)-c2cccc(c2)CC(C(=O)NC(CN)CN)NC1=O. The van der Waals surface area contributed by atoms with Gasteiger partial charge in [-0.25, -0.2) is 0 Å². The summed E-state index contributed by atoms with van der Waals surface area (Å²) in [6.45, 7) is 0.621. The Bertz CT molecular complexity index is 1120. The first-order valence-electron chi connectivity index (χ1n) is 12.9. The lowest BCUT2D eigenvalue weighted by Gasteiger charge is -2.26. The molecule has 11 heteroatoms. The molecule has 0 saturated heterocycles. The summed E-state index contributed by atoms with van der Waals surface area (Å²) in [5, 5.41) is 18.7. The first-order chi connectivity index (χ1) is 18.2. The molecule has 1 heterocycles. The molecule has 12 N–H and O–H groups in total. The van der Waals surface area contributed by atoms with Gasteiger partial charge < -0.3 is 44.0 Å². The number of aromatic hydroxyl groups is 1. The molecule has 2 aromatic carbocycles. The third-order valence-corrected chi connectivity index (χ3v) is 6.72. The van der Waals surface area contributed by atoms with Crippen molar-refractivity contribution in [2.45, 2.75) is 56.3 Å². The molecule has 3 rings (SSSR count). The Balaban J connectivity index is 2.02. The van der Waals surface area contributed by atoms with E-state index in [9.17, 15) is 19.5 Å². The third kappa shape index (κ3) is 7.75. The van der Waals surface area contributed by atoms with E-state index in [-0.39, 0.29) is 38.1 Å². The summed E-state index contributed by atoms with van der Waals surface area (Å²) in [5.41, 5.74) is 26.4. The van der Waals surface area contributed by atoms with Gasteiger partial charge in [-0.2, -0.15) is 0 Å². The minimum Gasteiger partial charge on any atom is -0.508 e. The van der Waals surface area contributed by atoms with Crippen LogP contribution in [0.4, 0.5) is 0 Å². The molecule has 0 radical (unpaired) electrons. The van der Waals surface area contributed by atoms with Gasteiger partial charge in [0.1, 0.15) is 17.8 Å². The molecule has 0 spiro atoms. The second-order valence-corrected chi connectivity index (χ2v) is 9.62. The Morgan fingerprint density at radius 1 is 1.03 bits per heavy atom. The van der Waals surface area contributed by atoms with Crippen molar-refractivity contribution in [2.75, 3.05) is 19.6 Å². The topological polar surface area (TPSA) is 212 Å². The van der Waals surface area contributed by atoms with E-state index in [0.29, 0.717) is 24.9 Å². The van der Waals surface area contributed by atoms with Crippen LogP contribution in [0.15, 0.2) is 42.5 Å². The number of hydrogen-bond donors (Lipinski definition) is 8. The summed E-state index contributed by atoms with van der Waals surface area (Å²) in [6.07, 6.45) is 1.59. The number of benzene rings is 2. The number of nitrogens with two attached hydrogens (primary N) is 4. The fraction of sp³-hybridized carbons (Fsp3) is 0.444. The Morgan fingerprint density at radius 3 is 2.47 bits per heavy atom. The molecular weight excluding hydrogens is 486 g/mol. The monoisotopic (exact) mass is 525 g/mol. The molecule has 11 nitrogen and oxygen atoms in total. The highest BCUT2D eigenvalue weighted by Gasteiger charge is 2.29. The van der Waals surface area contributed by atoms with Gasteiger partial charge in [-0.1, -0.05) is 30.3 Å². The van der Waals surface area contributed by atoms with Crippen LogP contribution in [0.25, 0.3) is 11.1 Å². The molecule has 2 aromatic rings. The van der Waals surface area contributed by atoms with Crippen LogP contribution in [0.2, 0.25) is 0 Å². The molecule has 1 aliphatic rings. The first kappa shape index (κ1) is 29.1. The van der Waals surface area contributed by atoms with Gasteiger partial charge in [-0.3, -0.25) is 14.4 Å². The molecule has 38 heavy (non-hydrogen) atoms. The van der Waals surface area contributed by atoms with E-state index < -0.39 is 41.9 Å². The summed E-state index contributed by atoms with van der Waals surface area (Å²) in [7, 11) is 0. The molecule has 0 fully saturated rings. The van der Waals surface area contributed by atoms with Crippen molar-refractivity contribution >= 4 is 17.7 Å². The van der Waals surface area contributed by atoms with Crippen molar-refractivity contribution in [2.24, 2.45) is 22.9 Å². The van der Waals surface area contributed by atoms with E-state index in [2.05, 4.69) is 16.0 Å². The van der Waals surface area contributed by atoms with Gasteiger partial charge in [0.15, 0.2) is 0 Å². The Kier molecular flexibility index (Phi) is 10.6. The zero-order valence-corrected chi connectivity index (χ0v) is 21.5. The van der Waals surface area contributed by atoms with Crippen LogP contribution in [0.1, 0.15) is 30.4 Å². The molecule has 3 amide bonds. The molecule has 0 saturated carbocycles.